The predicted octanol–water partition coefficient (Wildman–Crippen LogP) is 2.28. The number of aromatic hydroxyl groups is 1. The molecule has 0 atom stereocenters. The van der Waals surface area contributed by atoms with E-state index in [1.54, 1.807) is 12.1 Å². The third-order valence-corrected chi connectivity index (χ3v) is 3.94. The van der Waals surface area contributed by atoms with Crippen LogP contribution in [0.4, 0.5) is 0 Å². The highest BCUT2D eigenvalue weighted by atomic mass is 32.2. The van der Waals surface area contributed by atoms with Gasteiger partial charge in [-0.25, -0.2) is 0 Å². The second-order valence-corrected chi connectivity index (χ2v) is 5.50. The maximum Gasteiger partial charge on any atom is 0.257 e. The minimum Gasteiger partial charge on any atom is -0.507 e. The molecule has 1 aromatic carbocycles. The van der Waals surface area contributed by atoms with Crippen LogP contribution < -0.4 is 0 Å². The molecule has 0 radical (unpaired) electrons. The molecule has 0 aliphatic carbocycles. The Morgan fingerprint density at radius 3 is 2.94 bits per heavy atom. The highest BCUT2D eigenvalue weighted by Crippen LogP contribution is 2.21. The predicted molar refractivity (Wildman–Crippen MR) is 70.7 cm³/mol. The Kier molecular flexibility index (Phi) is 3.94. The Morgan fingerprint density at radius 2 is 2.18 bits per heavy atom. The molecular formula is C13H17NO2S. The fourth-order valence-electron chi connectivity index (χ4n) is 1.94. The van der Waals surface area contributed by atoms with Crippen LogP contribution in [0.1, 0.15) is 22.3 Å². The van der Waals surface area contributed by atoms with Crippen molar-refractivity contribution in [2.75, 3.05) is 24.6 Å². The average molecular weight is 251 g/mol. The van der Waals surface area contributed by atoms with Crippen molar-refractivity contribution in [2.45, 2.75) is 13.3 Å². The van der Waals surface area contributed by atoms with Gasteiger partial charge in [0, 0.05) is 18.8 Å². The second kappa shape index (κ2) is 5.45. The topological polar surface area (TPSA) is 40.5 Å². The van der Waals surface area contributed by atoms with Crippen molar-refractivity contribution in [3.63, 3.8) is 0 Å². The standard InChI is InChI=1S/C13H17NO2S/c1-10-3-4-11(12(15)9-10)13(16)14-5-2-7-17-8-6-14/h3-4,9,15H,2,5-8H2,1H3. The van der Waals surface area contributed by atoms with Crippen LogP contribution in [0.2, 0.25) is 0 Å². The molecule has 17 heavy (non-hydrogen) atoms. The molecular weight excluding hydrogens is 234 g/mol. The van der Waals surface area contributed by atoms with Crippen LogP contribution >= 0.6 is 11.8 Å². The summed E-state index contributed by atoms with van der Waals surface area (Å²) in [5, 5.41) is 9.81. The lowest BCUT2D eigenvalue weighted by Crippen LogP contribution is -2.32. The Labute approximate surface area is 106 Å². The fraction of sp³-hybridized carbons (Fsp3) is 0.462. The van der Waals surface area contributed by atoms with Crippen LogP contribution in [0.15, 0.2) is 18.2 Å². The summed E-state index contributed by atoms with van der Waals surface area (Å²) in [6, 6.07) is 5.21. The molecule has 1 saturated heterocycles. The number of carbonyl (C=O) groups excluding carboxylic acids is 1. The zero-order valence-corrected chi connectivity index (χ0v) is 10.8. The number of carbonyl (C=O) groups is 1. The van der Waals surface area contributed by atoms with Gasteiger partial charge in [-0.15, -0.1) is 0 Å². The maximum atomic E-state index is 12.2. The summed E-state index contributed by atoms with van der Waals surface area (Å²) in [5.41, 5.74) is 1.38. The van der Waals surface area contributed by atoms with Crippen molar-refractivity contribution in [2.24, 2.45) is 0 Å². The highest BCUT2D eigenvalue weighted by molar-refractivity contribution is 7.99. The Morgan fingerprint density at radius 1 is 1.35 bits per heavy atom. The number of hydrogen-bond acceptors (Lipinski definition) is 3. The number of amides is 1. The molecule has 1 aliphatic heterocycles. The van der Waals surface area contributed by atoms with E-state index >= 15 is 0 Å². The number of aryl methyl sites for hydroxylation is 1. The first kappa shape index (κ1) is 12.3. The molecule has 0 bridgehead atoms. The number of benzene rings is 1. The minimum atomic E-state index is -0.0509. The van der Waals surface area contributed by atoms with Gasteiger partial charge in [0.25, 0.3) is 5.91 Å². The summed E-state index contributed by atoms with van der Waals surface area (Å²) >= 11 is 1.88. The summed E-state index contributed by atoms with van der Waals surface area (Å²) in [6.07, 6.45) is 1.03. The molecule has 1 aromatic rings. The van der Waals surface area contributed by atoms with Crippen LogP contribution in [0.5, 0.6) is 5.75 Å². The SMILES string of the molecule is Cc1ccc(C(=O)N2CCCSCC2)c(O)c1. The molecule has 1 aliphatic rings. The van der Waals surface area contributed by atoms with E-state index in [-0.39, 0.29) is 11.7 Å². The highest BCUT2D eigenvalue weighted by Gasteiger charge is 2.19. The van der Waals surface area contributed by atoms with Crippen molar-refractivity contribution >= 4 is 17.7 Å². The smallest absolute Gasteiger partial charge is 0.257 e. The van der Waals surface area contributed by atoms with E-state index in [0.717, 1.165) is 36.6 Å². The van der Waals surface area contributed by atoms with E-state index < -0.39 is 0 Å². The molecule has 92 valence electrons. The van der Waals surface area contributed by atoms with E-state index in [1.807, 2.05) is 29.7 Å². The van der Waals surface area contributed by atoms with Crippen molar-refractivity contribution in [1.29, 1.82) is 0 Å². The fourth-order valence-corrected chi connectivity index (χ4v) is 2.83. The molecule has 1 amide bonds. The quantitative estimate of drug-likeness (QED) is 0.832. The maximum absolute atomic E-state index is 12.2. The first-order chi connectivity index (χ1) is 8.18. The van der Waals surface area contributed by atoms with Crippen molar-refractivity contribution in [3.8, 4) is 5.75 Å². The minimum absolute atomic E-state index is 0.0509. The molecule has 0 unspecified atom stereocenters. The van der Waals surface area contributed by atoms with Gasteiger partial charge in [-0.05, 0) is 36.8 Å². The van der Waals surface area contributed by atoms with Gasteiger partial charge >= 0.3 is 0 Å². The molecule has 0 spiro atoms. The van der Waals surface area contributed by atoms with Gasteiger partial charge in [-0.3, -0.25) is 4.79 Å². The van der Waals surface area contributed by atoms with E-state index in [1.165, 1.54) is 0 Å². The summed E-state index contributed by atoms with van der Waals surface area (Å²) in [7, 11) is 0. The number of nitrogens with zero attached hydrogens (tertiary/aromatic N) is 1. The monoisotopic (exact) mass is 251 g/mol. The van der Waals surface area contributed by atoms with Gasteiger partial charge in [0.1, 0.15) is 5.75 Å². The van der Waals surface area contributed by atoms with Crippen molar-refractivity contribution in [3.05, 3.63) is 29.3 Å². The van der Waals surface area contributed by atoms with Crippen LogP contribution in [-0.4, -0.2) is 40.5 Å². The zero-order chi connectivity index (χ0) is 12.3. The summed E-state index contributed by atoms with van der Waals surface area (Å²) < 4.78 is 0. The van der Waals surface area contributed by atoms with E-state index in [9.17, 15) is 9.90 Å². The van der Waals surface area contributed by atoms with Gasteiger partial charge in [0.2, 0.25) is 0 Å². The normalized spacial score (nSPS) is 16.6. The van der Waals surface area contributed by atoms with E-state index in [2.05, 4.69) is 0 Å². The molecule has 2 rings (SSSR count). The molecule has 3 nitrogen and oxygen atoms in total. The number of rotatable bonds is 1. The van der Waals surface area contributed by atoms with Crippen LogP contribution in [0, 0.1) is 6.92 Å². The van der Waals surface area contributed by atoms with Crippen LogP contribution in [0.3, 0.4) is 0 Å². The number of hydrogen-bond donors (Lipinski definition) is 1. The van der Waals surface area contributed by atoms with E-state index in [0.29, 0.717) is 5.56 Å². The molecule has 1 heterocycles. The number of phenols is 1. The molecule has 1 N–H and O–H groups in total. The Hall–Kier alpha value is -1.16. The molecule has 0 saturated carbocycles. The van der Waals surface area contributed by atoms with Crippen molar-refractivity contribution < 1.29 is 9.90 Å². The summed E-state index contributed by atoms with van der Waals surface area (Å²) in [5.74, 6) is 2.14. The second-order valence-electron chi connectivity index (χ2n) is 4.28. The zero-order valence-electron chi connectivity index (χ0n) is 9.98. The molecule has 1 fully saturated rings. The van der Waals surface area contributed by atoms with Gasteiger partial charge < -0.3 is 10.0 Å². The number of thioether (sulfide) groups is 1. The average Bonchev–Trinajstić information content (AvgIpc) is 2.56. The number of phenolic OH excluding ortho intramolecular Hbond substituents is 1. The first-order valence-corrected chi connectivity index (χ1v) is 7.00. The Bertz CT molecular complexity index is 412. The van der Waals surface area contributed by atoms with Crippen molar-refractivity contribution in [1.82, 2.24) is 4.90 Å². The van der Waals surface area contributed by atoms with Crippen LogP contribution in [-0.2, 0) is 0 Å². The third kappa shape index (κ3) is 2.94. The van der Waals surface area contributed by atoms with Gasteiger partial charge in [-0.2, -0.15) is 11.8 Å². The van der Waals surface area contributed by atoms with Gasteiger partial charge in [0.15, 0.2) is 0 Å². The molecule has 0 aromatic heterocycles. The lowest BCUT2D eigenvalue weighted by atomic mass is 10.1. The largest absolute Gasteiger partial charge is 0.507 e. The van der Waals surface area contributed by atoms with Crippen LogP contribution in [0.25, 0.3) is 0 Å². The molecule has 4 heteroatoms. The summed E-state index contributed by atoms with van der Waals surface area (Å²) in [4.78, 5) is 14.1. The lowest BCUT2D eigenvalue weighted by molar-refractivity contribution is 0.0765. The summed E-state index contributed by atoms with van der Waals surface area (Å²) in [6.45, 7) is 3.46. The third-order valence-electron chi connectivity index (χ3n) is 2.89. The van der Waals surface area contributed by atoms with Gasteiger partial charge in [0.05, 0.1) is 5.56 Å². The van der Waals surface area contributed by atoms with Gasteiger partial charge in [-0.1, -0.05) is 6.07 Å². The lowest BCUT2D eigenvalue weighted by Gasteiger charge is -2.20. The Balaban J connectivity index is 2.17. The first-order valence-electron chi connectivity index (χ1n) is 5.85. The van der Waals surface area contributed by atoms with E-state index in [4.69, 9.17) is 0 Å².